The number of benzene rings is 2. The van der Waals surface area contributed by atoms with Crippen LogP contribution in [0.5, 0.6) is 11.5 Å². The molecule has 3 rings (SSSR count). The van der Waals surface area contributed by atoms with E-state index in [1.54, 1.807) is 19.1 Å². The van der Waals surface area contributed by atoms with Crippen LogP contribution in [0.4, 0.5) is 5.69 Å². The van der Waals surface area contributed by atoms with E-state index in [9.17, 15) is 9.59 Å². The molecule has 0 radical (unpaired) electrons. The summed E-state index contributed by atoms with van der Waals surface area (Å²) in [5.41, 5.74) is 3.80. The standard InChI is InChI=1S/C23H28N2O4/c1-5-6-7-16-8-10-19-18(12-16)22(24-15(2)26)23(27)25(19)14-17-9-11-20(28-3)21(13-17)29-4/h8-13,22H,5-7,14H2,1-4H3,(H,24,26)/t22-/m1/s1. The van der Waals surface area contributed by atoms with Gasteiger partial charge < -0.3 is 19.7 Å². The maximum absolute atomic E-state index is 13.2. The molecule has 0 fully saturated rings. The number of amides is 2. The smallest absolute Gasteiger partial charge is 0.254 e. The molecule has 1 aliphatic heterocycles. The molecule has 0 unspecified atom stereocenters. The van der Waals surface area contributed by atoms with Gasteiger partial charge in [0.1, 0.15) is 6.04 Å². The quantitative estimate of drug-likeness (QED) is 0.738. The summed E-state index contributed by atoms with van der Waals surface area (Å²) >= 11 is 0. The monoisotopic (exact) mass is 396 g/mol. The highest BCUT2D eigenvalue weighted by atomic mass is 16.5. The minimum absolute atomic E-state index is 0.127. The number of hydrogen-bond donors (Lipinski definition) is 1. The molecule has 6 nitrogen and oxygen atoms in total. The van der Waals surface area contributed by atoms with Gasteiger partial charge in [-0.1, -0.05) is 31.5 Å². The van der Waals surface area contributed by atoms with E-state index >= 15 is 0 Å². The minimum Gasteiger partial charge on any atom is -0.493 e. The van der Waals surface area contributed by atoms with Crippen LogP contribution in [0.3, 0.4) is 0 Å². The molecule has 0 spiro atoms. The van der Waals surface area contributed by atoms with Crippen molar-refractivity contribution >= 4 is 17.5 Å². The first-order valence-corrected chi connectivity index (χ1v) is 9.90. The fraction of sp³-hybridized carbons (Fsp3) is 0.391. The maximum atomic E-state index is 13.2. The van der Waals surface area contributed by atoms with Crippen LogP contribution >= 0.6 is 0 Å². The Morgan fingerprint density at radius 2 is 1.79 bits per heavy atom. The number of nitrogens with zero attached hydrogens (tertiary/aromatic N) is 1. The zero-order valence-corrected chi connectivity index (χ0v) is 17.5. The summed E-state index contributed by atoms with van der Waals surface area (Å²) in [6, 6.07) is 11.1. The number of carbonyl (C=O) groups is 2. The predicted molar refractivity (Wildman–Crippen MR) is 112 cm³/mol. The summed E-state index contributed by atoms with van der Waals surface area (Å²) < 4.78 is 10.7. The van der Waals surface area contributed by atoms with E-state index in [-0.39, 0.29) is 11.8 Å². The van der Waals surface area contributed by atoms with Crippen LogP contribution in [0.25, 0.3) is 0 Å². The number of hydrogen-bond acceptors (Lipinski definition) is 4. The Morgan fingerprint density at radius 1 is 1.07 bits per heavy atom. The number of aryl methyl sites for hydroxylation is 1. The van der Waals surface area contributed by atoms with Gasteiger partial charge in [0.15, 0.2) is 11.5 Å². The summed E-state index contributed by atoms with van der Waals surface area (Å²) in [6.45, 7) is 3.98. The van der Waals surface area contributed by atoms with E-state index in [4.69, 9.17) is 9.47 Å². The van der Waals surface area contributed by atoms with Crippen molar-refractivity contribution in [3.63, 3.8) is 0 Å². The highest BCUT2D eigenvalue weighted by Gasteiger charge is 2.38. The number of carbonyl (C=O) groups excluding carboxylic acids is 2. The molecule has 0 saturated heterocycles. The number of ether oxygens (including phenoxy) is 2. The van der Waals surface area contributed by atoms with Crippen molar-refractivity contribution in [3.8, 4) is 11.5 Å². The average Bonchev–Trinajstić information content (AvgIpc) is 2.97. The Bertz CT molecular complexity index is 910. The lowest BCUT2D eigenvalue weighted by Crippen LogP contribution is -2.36. The van der Waals surface area contributed by atoms with Crippen LogP contribution in [-0.2, 0) is 22.6 Å². The molecule has 2 amide bonds. The second-order valence-corrected chi connectivity index (χ2v) is 7.24. The lowest BCUT2D eigenvalue weighted by molar-refractivity contribution is -0.126. The van der Waals surface area contributed by atoms with Gasteiger partial charge in [0.2, 0.25) is 5.91 Å². The Morgan fingerprint density at radius 3 is 2.45 bits per heavy atom. The number of anilines is 1. The van der Waals surface area contributed by atoms with E-state index in [1.807, 2.05) is 24.3 Å². The molecule has 2 aromatic rings. The van der Waals surface area contributed by atoms with Gasteiger partial charge in [0.25, 0.3) is 5.91 Å². The van der Waals surface area contributed by atoms with Gasteiger partial charge in [-0.3, -0.25) is 9.59 Å². The first kappa shape index (κ1) is 20.7. The first-order valence-electron chi connectivity index (χ1n) is 9.90. The van der Waals surface area contributed by atoms with Gasteiger partial charge in [-0.25, -0.2) is 0 Å². The molecule has 2 aromatic carbocycles. The van der Waals surface area contributed by atoms with Crippen LogP contribution < -0.4 is 19.7 Å². The van der Waals surface area contributed by atoms with Crippen molar-refractivity contribution in [1.82, 2.24) is 5.32 Å². The summed E-state index contributed by atoms with van der Waals surface area (Å²) in [6.07, 6.45) is 3.16. The van der Waals surface area contributed by atoms with Crippen molar-refractivity contribution in [2.45, 2.75) is 45.7 Å². The average molecular weight is 396 g/mol. The summed E-state index contributed by atoms with van der Waals surface area (Å²) in [4.78, 5) is 26.6. The maximum Gasteiger partial charge on any atom is 0.254 e. The normalized spacial score (nSPS) is 15.2. The molecule has 0 saturated carbocycles. The third-order valence-electron chi connectivity index (χ3n) is 5.16. The molecule has 6 heteroatoms. The van der Waals surface area contributed by atoms with E-state index in [1.165, 1.54) is 12.5 Å². The molecule has 0 aliphatic carbocycles. The number of nitrogens with one attached hydrogen (secondary N) is 1. The van der Waals surface area contributed by atoms with Crippen molar-refractivity contribution in [2.24, 2.45) is 0 Å². The minimum atomic E-state index is -0.649. The summed E-state index contributed by atoms with van der Waals surface area (Å²) in [5.74, 6) is 0.908. The molecule has 1 N–H and O–H groups in total. The SMILES string of the molecule is CCCCc1ccc2c(c1)[C@@H](NC(C)=O)C(=O)N2Cc1ccc(OC)c(OC)c1. The summed E-state index contributed by atoms with van der Waals surface area (Å²) in [7, 11) is 3.18. The molecular formula is C23H28N2O4. The number of methoxy groups -OCH3 is 2. The fourth-order valence-corrected chi connectivity index (χ4v) is 3.69. The van der Waals surface area contributed by atoms with Gasteiger partial charge in [-0.2, -0.15) is 0 Å². The van der Waals surface area contributed by atoms with E-state index < -0.39 is 6.04 Å². The Balaban J connectivity index is 1.94. The Labute approximate surface area is 171 Å². The molecule has 0 bridgehead atoms. The molecule has 0 aromatic heterocycles. The Hall–Kier alpha value is -3.02. The van der Waals surface area contributed by atoms with Gasteiger partial charge in [0, 0.05) is 18.2 Å². The van der Waals surface area contributed by atoms with Gasteiger partial charge in [0.05, 0.1) is 20.8 Å². The Kier molecular flexibility index (Phi) is 6.42. The van der Waals surface area contributed by atoms with Crippen molar-refractivity contribution in [1.29, 1.82) is 0 Å². The van der Waals surface area contributed by atoms with Crippen LogP contribution in [0.1, 0.15) is 49.4 Å². The highest BCUT2D eigenvalue weighted by molar-refractivity contribution is 6.06. The second kappa shape index (κ2) is 8.99. The van der Waals surface area contributed by atoms with Crippen molar-refractivity contribution < 1.29 is 19.1 Å². The lowest BCUT2D eigenvalue weighted by atomic mass is 10.0. The zero-order chi connectivity index (χ0) is 21.0. The van der Waals surface area contributed by atoms with Crippen molar-refractivity contribution in [2.75, 3.05) is 19.1 Å². The zero-order valence-electron chi connectivity index (χ0n) is 17.5. The highest BCUT2D eigenvalue weighted by Crippen LogP contribution is 2.38. The molecule has 1 heterocycles. The molecule has 1 atom stereocenters. The second-order valence-electron chi connectivity index (χ2n) is 7.24. The third kappa shape index (κ3) is 4.36. The summed E-state index contributed by atoms with van der Waals surface area (Å²) in [5, 5.41) is 2.81. The van der Waals surface area contributed by atoms with Crippen molar-refractivity contribution in [3.05, 3.63) is 53.1 Å². The molecular weight excluding hydrogens is 368 g/mol. The fourth-order valence-electron chi connectivity index (χ4n) is 3.69. The van der Waals surface area contributed by atoms with Crippen LogP contribution in [0, 0.1) is 0 Å². The third-order valence-corrected chi connectivity index (χ3v) is 5.16. The van der Waals surface area contributed by atoms with E-state index in [0.29, 0.717) is 18.0 Å². The first-order chi connectivity index (χ1) is 14.0. The predicted octanol–water partition coefficient (Wildman–Crippen LogP) is 3.77. The van der Waals surface area contributed by atoms with Gasteiger partial charge >= 0.3 is 0 Å². The van der Waals surface area contributed by atoms with Crippen LogP contribution in [-0.4, -0.2) is 26.0 Å². The number of fused-ring (bicyclic) bond motifs is 1. The van der Waals surface area contributed by atoms with E-state index in [2.05, 4.69) is 24.4 Å². The van der Waals surface area contributed by atoms with Crippen LogP contribution in [0.2, 0.25) is 0 Å². The van der Waals surface area contributed by atoms with Crippen LogP contribution in [0.15, 0.2) is 36.4 Å². The van der Waals surface area contributed by atoms with E-state index in [0.717, 1.165) is 36.1 Å². The molecule has 154 valence electrons. The molecule has 1 aliphatic rings. The van der Waals surface area contributed by atoms with Gasteiger partial charge in [-0.15, -0.1) is 0 Å². The topological polar surface area (TPSA) is 67.9 Å². The largest absolute Gasteiger partial charge is 0.493 e. The number of unbranched alkanes of at least 4 members (excludes halogenated alkanes) is 1. The number of rotatable bonds is 8. The molecule has 29 heavy (non-hydrogen) atoms. The lowest BCUT2D eigenvalue weighted by Gasteiger charge is -2.19. The van der Waals surface area contributed by atoms with Gasteiger partial charge in [-0.05, 0) is 42.2 Å².